The van der Waals surface area contributed by atoms with E-state index in [9.17, 15) is 9.18 Å². The molecule has 1 aromatic carbocycles. The molecule has 148 valence electrons. The van der Waals surface area contributed by atoms with E-state index in [-0.39, 0.29) is 23.9 Å². The average Bonchev–Trinajstić information content (AvgIpc) is 3.33. The first-order valence-corrected chi connectivity index (χ1v) is 11.2. The SMILES string of the molecule is O=C(c1c(Nc2ccc(I)cc2F)sc2ncccc12)N1C[C@@H]2NC(=S)O[C@@H]2C1. The first-order valence-electron chi connectivity index (χ1n) is 8.85. The molecule has 2 aliphatic heterocycles. The zero-order valence-electron chi connectivity index (χ0n) is 14.8. The lowest BCUT2D eigenvalue weighted by Crippen LogP contribution is -2.35. The molecule has 2 N–H and O–H groups in total. The van der Waals surface area contributed by atoms with Crippen molar-refractivity contribution >= 4 is 78.1 Å². The van der Waals surface area contributed by atoms with Crippen molar-refractivity contribution in [2.45, 2.75) is 12.1 Å². The van der Waals surface area contributed by atoms with Crippen LogP contribution in [0.5, 0.6) is 0 Å². The van der Waals surface area contributed by atoms with Crippen molar-refractivity contribution in [1.29, 1.82) is 0 Å². The highest BCUT2D eigenvalue weighted by Crippen LogP contribution is 2.38. The molecule has 6 nitrogen and oxygen atoms in total. The van der Waals surface area contributed by atoms with Gasteiger partial charge in [-0.25, -0.2) is 9.37 Å². The summed E-state index contributed by atoms with van der Waals surface area (Å²) >= 11 is 8.44. The number of benzene rings is 1. The maximum absolute atomic E-state index is 14.4. The van der Waals surface area contributed by atoms with Crippen LogP contribution >= 0.6 is 46.1 Å². The molecule has 2 saturated heterocycles. The molecule has 0 spiro atoms. The minimum atomic E-state index is -0.373. The van der Waals surface area contributed by atoms with Crippen molar-refractivity contribution in [3.63, 3.8) is 0 Å². The van der Waals surface area contributed by atoms with Gasteiger partial charge < -0.3 is 20.3 Å². The van der Waals surface area contributed by atoms with Crippen molar-refractivity contribution in [1.82, 2.24) is 15.2 Å². The number of thiocarbonyl (C=S) groups is 1. The monoisotopic (exact) mass is 540 g/mol. The number of thiophene rings is 1. The molecule has 0 bridgehead atoms. The second-order valence-corrected chi connectivity index (χ2v) is 9.43. The molecule has 2 fully saturated rings. The summed E-state index contributed by atoms with van der Waals surface area (Å²) in [6.45, 7) is 0.949. The molecule has 10 heteroatoms. The summed E-state index contributed by atoms with van der Waals surface area (Å²) in [6.07, 6.45) is 1.54. The predicted octanol–water partition coefficient (Wildman–Crippen LogP) is 3.88. The highest BCUT2D eigenvalue weighted by Gasteiger charge is 2.43. The van der Waals surface area contributed by atoms with E-state index in [2.05, 4.69) is 38.2 Å². The van der Waals surface area contributed by atoms with Crippen LogP contribution in [0.2, 0.25) is 0 Å². The Bertz CT molecular complexity index is 1140. The van der Waals surface area contributed by atoms with E-state index in [0.29, 0.717) is 34.5 Å². The van der Waals surface area contributed by atoms with Gasteiger partial charge in [0, 0.05) is 21.7 Å². The summed E-state index contributed by atoms with van der Waals surface area (Å²) in [7, 11) is 0. The molecule has 2 atom stereocenters. The van der Waals surface area contributed by atoms with Crippen molar-refractivity contribution in [2.24, 2.45) is 0 Å². The second-order valence-electron chi connectivity index (χ2n) is 6.82. The van der Waals surface area contributed by atoms with E-state index in [1.807, 2.05) is 12.1 Å². The van der Waals surface area contributed by atoms with Gasteiger partial charge in [0.1, 0.15) is 21.8 Å². The van der Waals surface area contributed by atoms with Crippen molar-refractivity contribution < 1.29 is 13.9 Å². The molecule has 5 rings (SSSR count). The number of rotatable bonds is 3. The number of amides is 1. The number of hydrogen-bond donors (Lipinski definition) is 2. The normalized spacial score (nSPS) is 20.5. The second kappa shape index (κ2) is 7.33. The van der Waals surface area contributed by atoms with Gasteiger partial charge in [0.2, 0.25) is 0 Å². The lowest BCUT2D eigenvalue weighted by Gasteiger charge is -2.18. The predicted molar refractivity (Wildman–Crippen MR) is 122 cm³/mol. The molecule has 2 aromatic heterocycles. The van der Waals surface area contributed by atoms with Gasteiger partial charge >= 0.3 is 0 Å². The molecule has 29 heavy (non-hydrogen) atoms. The van der Waals surface area contributed by atoms with E-state index in [4.69, 9.17) is 17.0 Å². The van der Waals surface area contributed by atoms with Crippen LogP contribution in [0.15, 0.2) is 36.5 Å². The summed E-state index contributed by atoms with van der Waals surface area (Å²) in [4.78, 5) is 20.3. The van der Waals surface area contributed by atoms with Gasteiger partial charge in [-0.15, -0.1) is 0 Å². The highest BCUT2D eigenvalue weighted by atomic mass is 127. The van der Waals surface area contributed by atoms with Gasteiger partial charge in [0.15, 0.2) is 0 Å². The first kappa shape index (κ1) is 18.9. The lowest BCUT2D eigenvalue weighted by atomic mass is 10.1. The third-order valence-corrected chi connectivity index (χ3v) is 6.89. The minimum absolute atomic E-state index is 0.000438. The van der Waals surface area contributed by atoms with Crippen LogP contribution in [0.3, 0.4) is 0 Å². The molecule has 0 radical (unpaired) electrons. The van der Waals surface area contributed by atoms with E-state index < -0.39 is 0 Å². The third kappa shape index (κ3) is 3.42. The number of nitrogens with zero attached hydrogens (tertiary/aromatic N) is 2. The highest BCUT2D eigenvalue weighted by molar-refractivity contribution is 14.1. The van der Waals surface area contributed by atoms with Crippen LogP contribution in [0, 0.1) is 9.39 Å². The summed E-state index contributed by atoms with van der Waals surface area (Å²) in [5, 5.41) is 7.90. The number of fused-ring (bicyclic) bond motifs is 2. The maximum atomic E-state index is 14.4. The molecule has 2 aliphatic rings. The Labute approximate surface area is 188 Å². The fourth-order valence-corrected chi connectivity index (χ4v) is 5.40. The summed E-state index contributed by atoms with van der Waals surface area (Å²) in [5.41, 5.74) is 0.818. The van der Waals surface area contributed by atoms with E-state index in [1.54, 1.807) is 23.2 Å². The smallest absolute Gasteiger partial charge is 0.257 e. The Morgan fingerprint density at radius 2 is 2.28 bits per heavy atom. The summed E-state index contributed by atoms with van der Waals surface area (Å²) in [6, 6.07) is 8.59. The van der Waals surface area contributed by atoms with Gasteiger partial charge in [-0.2, -0.15) is 0 Å². The Morgan fingerprint density at radius 3 is 3.07 bits per heavy atom. The number of hydrogen-bond acceptors (Lipinski definition) is 6. The Balaban J connectivity index is 1.51. The number of ether oxygens (including phenoxy) is 1. The van der Waals surface area contributed by atoms with E-state index >= 15 is 0 Å². The molecule has 3 aromatic rings. The number of nitrogens with one attached hydrogen (secondary N) is 2. The van der Waals surface area contributed by atoms with Gasteiger partial charge in [0.25, 0.3) is 11.1 Å². The largest absolute Gasteiger partial charge is 0.464 e. The van der Waals surface area contributed by atoms with Gasteiger partial charge in [-0.05, 0) is 65.1 Å². The van der Waals surface area contributed by atoms with Crippen LogP contribution in [0.4, 0.5) is 15.1 Å². The van der Waals surface area contributed by atoms with E-state index in [1.165, 1.54) is 17.4 Å². The Kier molecular flexibility index (Phi) is 4.79. The maximum Gasteiger partial charge on any atom is 0.257 e. The van der Waals surface area contributed by atoms with Crippen LogP contribution in [0.25, 0.3) is 10.2 Å². The first-order chi connectivity index (χ1) is 14.0. The molecule has 1 amide bonds. The van der Waals surface area contributed by atoms with Crippen molar-refractivity contribution in [3.8, 4) is 0 Å². The number of likely N-dealkylation sites (tertiary alicyclic amines) is 1. The number of carbonyl (C=O) groups is 1. The fraction of sp³-hybridized carbons (Fsp3) is 0.211. The van der Waals surface area contributed by atoms with Crippen LogP contribution in [-0.2, 0) is 4.74 Å². The van der Waals surface area contributed by atoms with Gasteiger partial charge in [-0.3, -0.25) is 4.79 Å². The third-order valence-electron chi connectivity index (χ3n) is 4.97. The average molecular weight is 540 g/mol. The topological polar surface area (TPSA) is 66.5 Å². The standard InChI is InChI=1S/C19H14FIN4O2S2/c20-11-6-9(21)3-4-12(11)23-17-15(10-2-1-5-22-16(10)29-17)18(26)25-7-13-14(8-25)27-19(28)24-13/h1-6,13-14,23H,7-8H2,(H,24,28)/t13-,14+/m0/s1. The van der Waals surface area contributed by atoms with E-state index in [0.717, 1.165) is 13.8 Å². The van der Waals surface area contributed by atoms with Crippen LogP contribution in [-0.4, -0.2) is 46.2 Å². The quantitative estimate of drug-likeness (QED) is 0.389. The van der Waals surface area contributed by atoms with Gasteiger partial charge in [-0.1, -0.05) is 11.3 Å². The Hall–Kier alpha value is -2.05. The zero-order valence-corrected chi connectivity index (χ0v) is 18.6. The number of carbonyl (C=O) groups excluding carboxylic acids is 1. The number of anilines is 2. The molecule has 4 heterocycles. The molecule has 0 saturated carbocycles. The Morgan fingerprint density at radius 1 is 1.41 bits per heavy atom. The van der Waals surface area contributed by atoms with Crippen molar-refractivity contribution in [3.05, 3.63) is 51.5 Å². The number of halogens is 2. The number of aromatic nitrogens is 1. The van der Waals surface area contributed by atoms with Crippen LogP contribution in [0.1, 0.15) is 10.4 Å². The van der Waals surface area contributed by atoms with Crippen LogP contribution < -0.4 is 10.6 Å². The lowest BCUT2D eigenvalue weighted by molar-refractivity contribution is 0.0771. The summed E-state index contributed by atoms with van der Waals surface area (Å²) < 4.78 is 20.8. The molecule has 0 aliphatic carbocycles. The zero-order chi connectivity index (χ0) is 20.1. The van der Waals surface area contributed by atoms with Crippen molar-refractivity contribution in [2.75, 3.05) is 18.4 Å². The molecule has 0 unspecified atom stereocenters. The molecular weight excluding hydrogens is 526 g/mol. The number of pyridine rings is 1. The fourth-order valence-electron chi connectivity index (χ4n) is 3.62. The minimum Gasteiger partial charge on any atom is -0.464 e. The van der Waals surface area contributed by atoms with Gasteiger partial charge in [0.05, 0.1) is 23.8 Å². The summed E-state index contributed by atoms with van der Waals surface area (Å²) in [5.74, 6) is -0.508. The molecular formula is C19H14FIN4O2S2.